The van der Waals surface area contributed by atoms with Crippen LogP contribution in [-0.2, 0) is 4.79 Å². The molecule has 0 radical (unpaired) electrons. The second-order valence-electron chi connectivity index (χ2n) is 8.27. The second-order valence-corrected chi connectivity index (χ2v) is 8.27. The molecule has 4 rings (SSSR count). The predicted octanol–water partition coefficient (Wildman–Crippen LogP) is 3.91. The summed E-state index contributed by atoms with van der Waals surface area (Å²) in [5.41, 5.74) is 7.71. The number of methoxy groups -OCH3 is 1. The lowest BCUT2D eigenvalue weighted by Crippen LogP contribution is -2.45. The molecular formula is C26H29N3O4. The van der Waals surface area contributed by atoms with E-state index in [0.717, 1.165) is 16.6 Å². The SMILES string of the molecule is CC[C@H](Oc1cccc(OC)c1)C(=O)N1CCC(c2nc3ccccc3cc2C(N)=O)CC1. The Morgan fingerprint density at radius 1 is 1.09 bits per heavy atom. The highest BCUT2D eigenvalue weighted by Gasteiger charge is 2.31. The molecule has 2 N–H and O–H groups in total. The second kappa shape index (κ2) is 9.90. The summed E-state index contributed by atoms with van der Waals surface area (Å²) in [5.74, 6) is 0.861. The van der Waals surface area contributed by atoms with Gasteiger partial charge in [0, 0.05) is 30.5 Å². The van der Waals surface area contributed by atoms with Crippen LogP contribution in [0.5, 0.6) is 11.5 Å². The van der Waals surface area contributed by atoms with Gasteiger partial charge in [0.15, 0.2) is 6.10 Å². The van der Waals surface area contributed by atoms with E-state index >= 15 is 0 Å². The molecule has 1 aliphatic rings. The molecule has 0 spiro atoms. The van der Waals surface area contributed by atoms with Gasteiger partial charge >= 0.3 is 0 Å². The number of pyridine rings is 1. The number of amides is 2. The number of likely N-dealkylation sites (tertiary alicyclic amines) is 1. The van der Waals surface area contributed by atoms with E-state index in [2.05, 4.69) is 0 Å². The molecule has 2 amide bonds. The molecule has 0 saturated carbocycles. The standard InChI is InChI=1S/C26H29N3O4/c1-3-23(33-20-9-6-8-19(16-20)32-2)26(31)29-13-11-17(12-14-29)24-21(25(27)30)15-18-7-4-5-10-22(18)28-24/h4-10,15-17,23H,3,11-14H2,1-2H3,(H2,27,30)/t23-/m0/s1. The summed E-state index contributed by atoms with van der Waals surface area (Å²) in [5, 5.41) is 0.892. The van der Waals surface area contributed by atoms with Crippen LogP contribution < -0.4 is 15.2 Å². The summed E-state index contributed by atoms with van der Waals surface area (Å²) in [7, 11) is 1.60. The van der Waals surface area contributed by atoms with Gasteiger partial charge in [0.1, 0.15) is 11.5 Å². The van der Waals surface area contributed by atoms with Crippen molar-refractivity contribution >= 4 is 22.7 Å². The van der Waals surface area contributed by atoms with Crippen LogP contribution in [0.3, 0.4) is 0 Å². The minimum atomic E-state index is -0.561. The number of ether oxygens (including phenoxy) is 2. The van der Waals surface area contributed by atoms with Crippen molar-refractivity contribution in [1.29, 1.82) is 0 Å². The fourth-order valence-corrected chi connectivity index (χ4v) is 4.36. The molecule has 7 nitrogen and oxygen atoms in total. The summed E-state index contributed by atoms with van der Waals surface area (Å²) in [4.78, 5) is 31.9. The number of primary amides is 1. The minimum absolute atomic E-state index is 0.0274. The van der Waals surface area contributed by atoms with Gasteiger partial charge in [0.05, 0.1) is 23.9 Å². The van der Waals surface area contributed by atoms with Gasteiger partial charge < -0.3 is 20.1 Å². The van der Waals surface area contributed by atoms with Crippen molar-refractivity contribution in [3.05, 3.63) is 65.9 Å². The Labute approximate surface area is 193 Å². The van der Waals surface area contributed by atoms with E-state index in [-0.39, 0.29) is 11.8 Å². The zero-order valence-corrected chi connectivity index (χ0v) is 19.0. The number of nitrogens with zero attached hydrogens (tertiary/aromatic N) is 2. The Morgan fingerprint density at radius 2 is 1.82 bits per heavy atom. The van der Waals surface area contributed by atoms with Gasteiger partial charge in [0.25, 0.3) is 11.8 Å². The number of rotatable bonds is 7. The van der Waals surface area contributed by atoms with Gasteiger partial charge in [-0.15, -0.1) is 0 Å². The largest absolute Gasteiger partial charge is 0.497 e. The normalized spacial score (nSPS) is 15.3. The average Bonchev–Trinajstić information content (AvgIpc) is 2.86. The number of carbonyl (C=O) groups excluding carboxylic acids is 2. The predicted molar refractivity (Wildman–Crippen MR) is 127 cm³/mol. The molecule has 1 aromatic heterocycles. The quantitative estimate of drug-likeness (QED) is 0.593. The molecule has 7 heteroatoms. The number of carbonyl (C=O) groups is 2. The molecule has 0 aliphatic carbocycles. The van der Waals surface area contributed by atoms with E-state index in [9.17, 15) is 9.59 Å². The van der Waals surface area contributed by atoms with Crippen molar-refractivity contribution in [3.8, 4) is 11.5 Å². The highest BCUT2D eigenvalue weighted by Crippen LogP contribution is 2.31. The van der Waals surface area contributed by atoms with Gasteiger partial charge in [-0.1, -0.05) is 31.2 Å². The first-order valence-electron chi connectivity index (χ1n) is 11.3. The molecule has 2 aromatic carbocycles. The molecular weight excluding hydrogens is 418 g/mol. The zero-order valence-electron chi connectivity index (χ0n) is 19.0. The summed E-state index contributed by atoms with van der Waals surface area (Å²) < 4.78 is 11.2. The van der Waals surface area contributed by atoms with E-state index in [1.54, 1.807) is 13.2 Å². The third-order valence-corrected chi connectivity index (χ3v) is 6.18. The average molecular weight is 448 g/mol. The Kier molecular flexibility index (Phi) is 6.77. The van der Waals surface area contributed by atoms with Crippen LogP contribution in [0.1, 0.15) is 48.2 Å². The number of aromatic nitrogens is 1. The van der Waals surface area contributed by atoms with Crippen LogP contribution in [0.25, 0.3) is 10.9 Å². The van der Waals surface area contributed by atoms with Crippen LogP contribution in [0, 0.1) is 0 Å². The Morgan fingerprint density at radius 3 is 2.52 bits per heavy atom. The lowest BCUT2D eigenvalue weighted by molar-refractivity contribution is -0.140. The molecule has 3 aromatic rings. The molecule has 0 bridgehead atoms. The Hall–Kier alpha value is -3.61. The highest BCUT2D eigenvalue weighted by atomic mass is 16.5. The smallest absolute Gasteiger partial charge is 0.263 e. The van der Waals surface area contributed by atoms with Gasteiger partial charge in [-0.25, -0.2) is 0 Å². The fourth-order valence-electron chi connectivity index (χ4n) is 4.36. The van der Waals surface area contributed by atoms with E-state index in [0.29, 0.717) is 49.4 Å². The third kappa shape index (κ3) is 4.92. The van der Waals surface area contributed by atoms with Crippen LogP contribution in [0.2, 0.25) is 0 Å². The monoisotopic (exact) mass is 447 g/mol. The zero-order chi connectivity index (χ0) is 23.4. The summed E-state index contributed by atoms with van der Waals surface area (Å²) in [6, 6.07) is 16.8. The van der Waals surface area contributed by atoms with Crippen molar-refractivity contribution in [2.75, 3.05) is 20.2 Å². The number of benzene rings is 2. The van der Waals surface area contributed by atoms with Gasteiger partial charge in [-0.2, -0.15) is 0 Å². The van der Waals surface area contributed by atoms with Gasteiger partial charge in [-0.05, 0) is 43.5 Å². The molecule has 1 aliphatic heterocycles. The topological polar surface area (TPSA) is 94.8 Å². The number of para-hydroxylation sites is 1. The maximum absolute atomic E-state index is 13.2. The molecule has 2 heterocycles. The van der Waals surface area contributed by atoms with Crippen LogP contribution >= 0.6 is 0 Å². The van der Waals surface area contributed by atoms with E-state index < -0.39 is 12.0 Å². The molecule has 1 atom stereocenters. The van der Waals surface area contributed by atoms with E-state index in [1.807, 2.05) is 60.4 Å². The van der Waals surface area contributed by atoms with Gasteiger partial charge in [0.2, 0.25) is 0 Å². The first-order valence-corrected chi connectivity index (χ1v) is 11.3. The highest BCUT2D eigenvalue weighted by molar-refractivity contribution is 5.97. The van der Waals surface area contributed by atoms with Crippen molar-refractivity contribution in [3.63, 3.8) is 0 Å². The number of fused-ring (bicyclic) bond motifs is 1. The molecule has 1 saturated heterocycles. The molecule has 172 valence electrons. The number of nitrogens with two attached hydrogens (primary N) is 1. The van der Waals surface area contributed by atoms with Crippen LogP contribution in [-0.4, -0.2) is 48.0 Å². The number of hydrogen-bond acceptors (Lipinski definition) is 5. The van der Waals surface area contributed by atoms with Crippen molar-refractivity contribution in [2.24, 2.45) is 5.73 Å². The lowest BCUT2D eigenvalue weighted by Gasteiger charge is -2.34. The third-order valence-electron chi connectivity index (χ3n) is 6.18. The summed E-state index contributed by atoms with van der Waals surface area (Å²) in [6.07, 6.45) is 1.43. The Bertz CT molecular complexity index is 1160. The van der Waals surface area contributed by atoms with E-state index in [4.69, 9.17) is 20.2 Å². The lowest BCUT2D eigenvalue weighted by atomic mass is 9.89. The summed E-state index contributed by atoms with van der Waals surface area (Å²) >= 11 is 0. The van der Waals surface area contributed by atoms with Gasteiger partial charge in [-0.3, -0.25) is 14.6 Å². The Balaban J connectivity index is 1.46. The maximum atomic E-state index is 13.2. The van der Waals surface area contributed by atoms with E-state index in [1.165, 1.54) is 0 Å². The number of hydrogen-bond donors (Lipinski definition) is 1. The van der Waals surface area contributed by atoms with Crippen LogP contribution in [0.4, 0.5) is 0 Å². The first kappa shape index (κ1) is 22.6. The van der Waals surface area contributed by atoms with Crippen molar-refractivity contribution in [2.45, 2.75) is 38.2 Å². The van der Waals surface area contributed by atoms with Crippen molar-refractivity contribution < 1.29 is 19.1 Å². The molecule has 33 heavy (non-hydrogen) atoms. The minimum Gasteiger partial charge on any atom is -0.497 e. The fraction of sp³-hybridized carbons (Fsp3) is 0.346. The first-order chi connectivity index (χ1) is 16.0. The summed E-state index contributed by atoms with van der Waals surface area (Å²) in [6.45, 7) is 3.09. The maximum Gasteiger partial charge on any atom is 0.263 e. The molecule has 0 unspecified atom stereocenters. The molecule has 1 fully saturated rings. The number of piperidine rings is 1. The van der Waals surface area contributed by atoms with Crippen molar-refractivity contribution in [1.82, 2.24) is 9.88 Å². The van der Waals surface area contributed by atoms with Crippen LogP contribution in [0.15, 0.2) is 54.6 Å².